The molecule has 0 radical (unpaired) electrons. The third kappa shape index (κ3) is 3.62. The second-order valence-corrected chi connectivity index (χ2v) is 6.98. The highest BCUT2D eigenvalue weighted by Crippen LogP contribution is 2.20. The first-order valence-electron chi connectivity index (χ1n) is 6.99. The molecule has 1 heterocycles. The van der Waals surface area contributed by atoms with Gasteiger partial charge in [-0.1, -0.05) is 36.4 Å². The summed E-state index contributed by atoms with van der Waals surface area (Å²) in [5.74, 6) is -0.0107. The van der Waals surface area contributed by atoms with Gasteiger partial charge in [0.2, 0.25) is 10.0 Å². The third-order valence-electron chi connectivity index (χ3n) is 3.57. The van der Waals surface area contributed by atoms with Gasteiger partial charge in [0, 0.05) is 12.2 Å². The van der Waals surface area contributed by atoms with Crippen LogP contribution in [0.1, 0.15) is 16.7 Å². The summed E-state index contributed by atoms with van der Waals surface area (Å²) in [6, 6.07) is 15.0. The smallest absolute Gasteiger partial charge is 0.236 e. The van der Waals surface area contributed by atoms with E-state index in [-0.39, 0.29) is 5.75 Å². The molecule has 2 aromatic rings. The second kappa shape index (κ2) is 5.87. The maximum atomic E-state index is 12.2. The Hall–Kier alpha value is -1.85. The fraction of sp³-hybridized carbons (Fsp3) is 0.250. The van der Waals surface area contributed by atoms with Crippen LogP contribution < -0.4 is 10.0 Å². The van der Waals surface area contributed by atoms with Crippen LogP contribution in [0.5, 0.6) is 0 Å². The predicted molar refractivity (Wildman–Crippen MR) is 84.5 cm³/mol. The molecular formula is C16H18N2O2S. The van der Waals surface area contributed by atoms with E-state index in [1.54, 1.807) is 0 Å². The molecule has 3 rings (SSSR count). The van der Waals surface area contributed by atoms with Crippen LogP contribution in [0.3, 0.4) is 0 Å². The summed E-state index contributed by atoms with van der Waals surface area (Å²) in [7, 11) is -3.38. The van der Waals surface area contributed by atoms with Gasteiger partial charge in [0.15, 0.2) is 0 Å². The fourth-order valence-corrected chi connectivity index (χ4v) is 3.74. The van der Waals surface area contributed by atoms with Crippen molar-refractivity contribution in [3.8, 4) is 0 Å². The van der Waals surface area contributed by atoms with E-state index in [2.05, 4.69) is 10.0 Å². The molecule has 5 heteroatoms. The summed E-state index contributed by atoms with van der Waals surface area (Å²) in [5.41, 5.74) is 3.87. The number of anilines is 1. The van der Waals surface area contributed by atoms with Crippen molar-refractivity contribution in [2.24, 2.45) is 0 Å². The Morgan fingerprint density at radius 3 is 2.67 bits per heavy atom. The van der Waals surface area contributed by atoms with E-state index in [4.69, 9.17) is 0 Å². The lowest BCUT2D eigenvalue weighted by Gasteiger charge is -2.18. The van der Waals surface area contributed by atoms with Crippen molar-refractivity contribution in [2.75, 3.05) is 11.3 Å². The highest BCUT2D eigenvalue weighted by atomic mass is 32.2. The van der Waals surface area contributed by atoms with Gasteiger partial charge in [-0.05, 0) is 41.8 Å². The normalized spacial score (nSPS) is 14.5. The van der Waals surface area contributed by atoms with E-state index in [1.165, 1.54) is 11.1 Å². The molecule has 0 aromatic heterocycles. The monoisotopic (exact) mass is 302 g/mol. The standard InChI is InChI=1S/C16H18N2O2S/c19-21(20,12-13-4-2-1-3-5-13)18-16-7-6-14-8-9-17-11-15(14)10-16/h1-7,10,17-18H,8-9,11-12H2. The third-order valence-corrected chi connectivity index (χ3v) is 4.83. The zero-order valence-corrected chi connectivity index (χ0v) is 12.5. The Balaban J connectivity index is 1.76. The van der Waals surface area contributed by atoms with Crippen molar-refractivity contribution in [2.45, 2.75) is 18.7 Å². The van der Waals surface area contributed by atoms with E-state index >= 15 is 0 Å². The molecule has 0 unspecified atom stereocenters. The molecule has 0 spiro atoms. The van der Waals surface area contributed by atoms with Gasteiger partial charge in [0.25, 0.3) is 0 Å². The predicted octanol–water partition coefficient (Wildman–Crippen LogP) is 2.27. The van der Waals surface area contributed by atoms with E-state index in [9.17, 15) is 8.42 Å². The van der Waals surface area contributed by atoms with Gasteiger partial charge in [0.05, 0.1) is 5.75 Å². The average molecular weight is 302 g/mol. The topological polar surface area (TPSA) is 58.2 Å². The van der Waals surface area contributed by atoms with Gasteiger partial charge in [0.1, 0.15) is 0 Å². The summed E-state index contributed by atoms with van der Waals surface area (Å²) < 4.78 is 27.1. The summed E-state index contributed by atoms with van der Waals surface area (Å²) in [4.78, 5) is 0. The van der Waals surface area contributed by atoms with Gasteiger partial charge in [-0.3, -0.25) is 4.72 Å². The molecule has 1 aliphatic rings. The number of rotatable bonds is 4. The highest BCUT2D eigenvalue weighted by Gasteiger charge is 2.14. The Morgan fingerprint density at radius 2 is 1.86 bits per heavy atom. The largest absolute Gasteiger partial charge is 0.312 e. The molecule has 0 amide bonds. The number of hydrogen-bond acceptors (Lipinski definition) is 3. The van der Waals surface area contributed by atoms with Gasteiger partial charge in [-0.2, -0.15) is 0 Å². The lowest BCUT2D eigenvalue weighted by molar-refractivity contribution is 0.600. The Morgan fingerprint density at radius 1 is 1.05 bits per heavy atom. The minimum absolute atomic E-state index is 0.0107. The summed E-state index contributed by atoms with van der Waals surface area (Å²) in [5, 5.41) is 3.29. The van der Waals surface area contributed by atoms with Crippen LogP contribution in [0.15, 0.2) is 48.5 Å². The summed E-state index contributed by atoms with van der Waals surface area (Å²) in [6.07, 6.45) is 0.992. The van der Waals surface area contributed by atoms with Crippen LogP contribution in [-0.4, -0.2) is 15.0 Å². The minimum Gasteiger partial charge on any atom is -0.312 e. The lowest BCUT2D eigenvalue weighted by Crippen LogP contribution is -2.24. The number of fused-ring (bicyclic) bond motifs is 1. The van der Waals surface area contributed by atoms with Gasteiger partial charge in [-0.15, -0.1) is 0 Å². The maximum Gasteiger partial charge on any atom is 0.236 e. The number of hydrogen-bond donors (Lipinski definition) is 2. The maximum absolute atomic E-state index is 12.2. The Labute approximate surface area is 125 Å². The SMILES string of the molecule is O=S(=O)(Cc1ccccc1)Nc1ccc2c(c1)CNCC2. The van der Waals surface area contributed by atoms with Crippen molar-refractivity contribution in [3.63, 3.8) is 0 Å². The van der Waals surface area contributed by atoms with Crippen molar-refractivity contribution < 1.29 is 8.42 Å². The number of nitrogens with one attached hydrogen (secondary N) is 2. The second-order valence-electron chi connectivity index (χ2n) is 5.26. The van der Waals surface area contributed by atoms with Crippen LogP contribution in [-0.2, 0) is 28.7 Å². The summed E-state index contributed by atoms with van der Waals surface area (Å²) in [6.45, 7) is 1.77. The molecule has 0 fully saturated rings. The molecule has 0 aliphatic carbocycles. The van der Waals surface area contributed by atoms with Crippen LogP contribution in [0.25, 0.3) is 0 Å². The molecular weight excluding hydrogens is 284 g/mol. The first-order chi connectivity index (χ1) is 10.1. The van der Waals surface area contributed by atoms with E-state index in [1.807, 2.05) is 48.5 Å². The van der Waals surface area contributed by atoms with Crippen molar-refractivity contribution >= 4 is 15.7 Å². The molecule has 2 aromatic carbocycles. The minimum atomic E-state index is -3.38. The quantitative estimate of drug-likeness (QED) is 0.911. The molecule has 0 atom stereocenters. The Kier molecular flexibility index (Phi) is 3.94. The fourth-order valence-electron chi connectivity index (χ4n) is 2.55. The molecule has 2 N–H and O–H groups in total. The van der Waals surface area contributed by atoms with Gasteiger partial charge < -0.3 is 5.32 Å². The molecule has 110 valence electrons. The number of sulfonamides is 1. The molecule has 21 heavy (non-hydrogen) atoms. The molecule has 0 bridgehead atoms. The molecule has 1 aliphatic heterocycles. The van der Waals surface area contributed by atoms with E-state index in [0.717, 1.165) is 25.1 Å². The Bertz CT molecular complexity index is 727. The van der Waals surface area contributed by atoms with Crippen LogP contribution in [0.2, 0.25) is 0 Å². The lowest BCUT2D eigenvalue weighted by atomic mass is 10.0. The van der Waals surface area contributed by atoms with Crippen molar-refractivity contribution in [3.05, 3.63) is 65.2 Å². The van der Waals surface area contributed by atoms with Crippen LogP contribution >= 0.6 is 0 Å². The van der Waals surface area contributed by atoms with Gasteiger partial charge in [-0.25, -0.2) is 8.42 Å². The van der Waals surface area contributed by atoms with Crippen molar-refractivity contribution in [1.29, 1.82) is 0 Å². The van der Waals surface area contributed by atoms with E-state index < -0.39 is 10.0 Å². The van der Waals surface area contributed by atoms with Crippen molar-refractivity contribution in [1.82, 2.24) is 5.32 Å². The molecule has 0 saturated heterocycles. The molecule has 4 nitrogen and oxygen atoms in total. The van der Waals surface area contributed by atoms with E-state index in [0.29, 0.717) is 5.69 Å². The number of benzene rings is 2. The first kappa shape index (κ1) is 14.1. The van der Waals surface area contributed by atoms with Gasteiger partial charge >= 0.3 is 0 Å². The first-order valence-corrected chi connectivity index (χ1v) is 8.64. The zero-order chi connectivity index (χ0) is 14.7. The van der Waals surface area contributed by atoms with Crippen LogP contribution in [0.4, 0.5) is 5.69 Å². The molecule has 0 saturated carbocycles. The van der Waals surface area contributed by atoms with Crippen LogP contribution in [0, 0.1) is 0 Å². The average Bonchev–Trinajstić information content (AvgIpc) is 2.47. The highest BCUT2D eigenvalue weighted by molar-refractivity contribution is 7.91. The summed E-state index contributed by atoms with van der Waals surface area (Å²) >= 11 is 0. The zero-order valence-electron chi connectivity index (χ0n) is 11.7.